The van der Waals surface area contributed by atoms with Crippen LogP contribution in [0.25, 0.3) is 104 Å². The Bertz CT molecular complexity index is 2770. The molecule has 0 atom stereocenters. The molecule has 5 heteroatoms. The van der Waals surface area contributed by atoms with Crippen LogP contribution in [0.1, 0.15) is 5.56 Å². The predicted octanol–water partition coefficient (Wildman–Crippen LogP) is 14.4. The molecule has 11 aromatic rings. The minimum atomic E-state index is 1.14. The van der Waals surface area contributed by atoms with Gasteiger partial charge in [-0.3, -0.25) is 0 Å². The summed E-state index contributed by atoms with van der Waals surface area (Å²) in [6, 6.07) is 32.3. The second kappa shape index (κ2) is 8.57. The highest BCUT2D eigenvalue weighted by Gasteiger charge is 2.22. The molecule has 0 bridgehead atoms. The zero-order chi connectivity index (χ0) is 28.8. The van der Waals surface area contributed by atoms with Crippen molar-refractivity contribution in [3.8, 4) is 20.9 Å². The number of hydrogen-bond donors (Lipinski definition) is 0. The van der Waals surface area contributed by atoms with E-state index in [0.29, 0.717) is 0 Å². The Labute approximate surface area is 276 Å². The van der Waals surface area contributed by atoms with E-state index in [1.807, 2.05) is 45.3 Å². The van der Waals surface area contributed by atoms with E-state index in [2.05, 4.69) is 119 Å². The third-order valence-corrected chi connectivity index (χ3v) is 14.7. The molecule has 0 aliphatic heterocycles. The van der Waals surface area contributed by atoms with E-state index in [4.69, 9.17) is 0 Å². The first kappa shape index (κ1) is 24.7. The normalized spacial score (nSPS) is 12.8. The van der Waals surface area contributed by atoms with Crippen LogP contribution in [0.5, 0.6) is 0 Å². The summed E-state index contributed by atoms with van der Waals surface area (Å²) in [5.74, 6) is 0. The van der Waals surface area contributed by atoms with Crippen molar-refractivity contribution in [3.63, 3.8) is 0 Å². The highest BCUT2D eigenvalue weighted by atomic mass is 79.9. The first-order chi connectivity index (χ1) is 21.6. The van der Waals surface area contributed by atoms with Crippen molar-refractivity contribution in [2.75, 3.05) is 0 Å². The Morgan fingerprint density at radius 3 is 1.61 bits per heavy atom. The maximum atomic E-state index is 3.78. The largest absolute Gasteiger partial charge is 0.142 e. The monoisotopic (exact) mass is 694 g/mol. The van der Waals surface area contributed by atoms with Gasteiger partial charge in [-0.1, -0.05) is 82.7 Å². The van der Waals surface area contributed by atoms with Crippen molar-refractivity contribution in [1.82, 2.24) is 0 Å². The van der Waals surface area contributed by atoms with E-state index < -0.39 is 0 Å². The fraction of sp³-hybridized carbons (Fsp3) is 0.0256. The molecule has 11 rings (SSSR count). The van der Waals surface area contributed by atoms with Crippen LogP contribution in [-0.4, -0.2) is 0 Å². The lowest BCUT2D eigenvalue weighted by Crippen LogP contribution is -1.81. The average molecular weight is 696 g/mol. The average Bonchev–Trinajstić information content (AvgIpc) is 3.82. The lowest BCUT2D eigenvalue weighted by Gasteiger charge is -2.08. The third kappa shape index (κ3) is 3.07. The number of hydrogen-bond acceptors (Lipinski definition) is 4. The van der Waals surface area contributed by atoms with Gasteiger partial charge < -0.3 is 0 Å². The first-order valence-corrected chi connectivity index (χ1v) is 18.8. The molecular formula is C39H19BrS4. The van der Waals surface area contributed by atoms with Crippen molar-refractivity contribution in [2.24, 2.45) is 0 Å². The van der Waals surface area contributed by atoms with E-state index in [1.165, 1.54) is 110 Å². The maximum absolute atomic E-state index is 3.78. The van der Waals surface area contributed by atoms with Crippen LogP contribution in [0.3, 0.4) is 0 Å². The Kier molecular flexibility index (Phi) is 4.81. The van der Waals surface area contributed by atoms with Gasteiger partial charge in [0.05, 0.1) is 18.8 Å². The lowest BCUT2D eigenvalue weighted by atomic mass is 9.95. The summed E-state index contributed by atoms with van der Waals surface area (Å²) in [6.45, 7) is 2.22. The predicted molar refractivity (Wildman–Crippen MR) is 204 cm³/mol. The second-order valence-corrected chi connectivity index (χ2v) is 16.6. The topological polar surface area (TPSA) is 0 Å². The molecule has 0 unspecified atom stereocenters. The summed E-state index contributed by atoms with van der Waals surface area (Å²) in [5.41, 5.74) is 3.93. The van der Waals surface area contributed by atoms with Gasteiger partial charge in [-0.2, -0.15) is 0 Å². The number of fused-ring (bicyclic) bond motifs is 4. The van der Waals surface area contributed by atoms with Crippen molar-refractivity contribution in [1.29, 1.82) is 0 Å². The van der Waals surface area contributed by atoms with E-state index in [0.717, 1.165) is 4.47 Å². The number of aryl methyl sites for hydroxylation is 1. The summed E-state index contributed by atoms with van der Waals surface area (Å²) in [4.78, 5) is 2.73. The van der Waals surface area contributed by atoms with Gasteiger partial charge in [0.15, 0.2) is 0 Å². The summed E-state index contributed by atoms with van der Waals surface area (Å²) < 4.78 is 6.83. The maximum Gasteiger partial charge on any atom is 0.0540 e. The minimum absolute atomic E-state index is 1.14. The molecule has 44 heavy (non-hydrogen) atoms. The molecule has 206 valence electrons. The van der Waals surface area contributed by atoms with E-state index >= 15 is 0 Å². The summed E-state index contributed by atoms with van der Waals surface area (Å²) in [6.07, 6.45) is 0. The number of rotatable bonds is 2. The second-order valence-electron chi connectivity index (χ2n) is 11.9. The zero-order valence-corrected chi connectivity index (χ0v) is 28.1. The Morgan fingerprint density at radius 2 is 1.00 bits per heavy atom. The Morgan fingerprint density at radius 1 is 0.477 bits per heavy atom. The van der Waals surface area contributed by atoms with Gasteiger partial charge in [-0.25, -0.2) is 0 Å². The van der Waals surface area contributed by atoms with Crippen molar-refractivity contribution >= 4 is 145 Å². The van der Waals surface area contributed by atoms with Crippen LogP contribution >= 0.6 is 61.3 Å². The molecule has 0 aliphatic rings. The van der Waals surface area contributed by atoms with Gasteiger partial charge in [-0.15, -0.1) is 45.3 Å². The van der Waals surface area contributed by atoms with E-state index in [9.17, 15) is 0 Å². The van der Waals surface area contributed by atoms with Crippen LogP contribution < -0.4 is 0 Å². The summed E-state index contributed by atoms with van der Waals surface area (Å²) in [5, 5.41) is 21.2. The highest BCUT2D eigenvalue weighted by Crippen LogP contribution is 2.53. The quantitative estimate of drug-likeness (QED) is 0.158. The van der Waals surface area contributed by atoms with Gasteiger partial charge in [0.2, 0.25) is 0 Å². The molecule has 4 heterocycles. The van der Waals surface area contributed by atoms with Crippen molar-refractivity contribution in [3.05, 3.63) is 106 Å². The summed E-state index contributed by atoms with van der Waals surface area (Å²) in [7, 11) is 0. The SMILES string of the molecule is Cc1cc2csc3c4sc(-c5cccc(-c6sc7c8scc9cc(Br)cc(c%10cccc6c%107)c98)c5)c5cccc(c(c1)c23)c54. The molecule has 0 radical (unpaired) electrons. The van der Waals surface area contributed by atoms with Crippen LogP contribution in [0.2, 0.25) is 0 Å². The van der Waals surface area contributed by atoms with Gasteiger partial charge in [0.1, 0.15) is 0 Å². The van der Waals surface area contributed by atoms with Crippen LogP contribution in [-0.2, 0) is 0 Å². The fourth-order valence-electron chi connectivity index (χ4n) is 7.64. The molecule has 0 aliphatic carbocycles. The first-order valence-electron chi connectivity index (χ1n) is 14.6. The lowest BCUT2D eigenvalue weighted by molar-refractivity contribution is 1.53. The van der Waals surface area contributed by atoms with Crippen LogP contribution in [0.4, 0.5) is 0 Å². The van der Waals surface area contributed by atoms with Crippen molar-refractivity contribution in [2.45, 2.75) is 6.92 Å². The van der Waals surface area contributed by atoms with Gasteiger partial charge in [-0.05, 0) is 84.9 Å². The fourth-order valence-corrected chi connectivity index (χ4v) is 13.1. The molecule has 0 fully saturated rings. The molecule has 0 nitrogen and oxygen atoms in total. The number of halogens is 1. The molecule has 0 spiro atoms. The zero-order valence-electron chi connectivity index (χ0n) is 23.2. The molecule has 0 saturated heterocycles. The smallest absolute Gasteiger partial charge is 0.0540 e. The Balaban J connectivity index is 1.19. The number of thiophene rings is 4. The van der Waals surface area contributed by atoms with Crippen LogP contribution in [0.15, 0.2) is 100 Å². The van der Waals surface area contributed by atoms with Crippen molar-refractivity contribution < 1.29 is 0 Å². The minimum Gasteiger partial charge on any atom is -0.142 e. The third-order valence-electron chi connectivity index (χ3n) is 9.37. The molecule has 0 saturated carbocycles. The highest BCUT2D eigenvalue weighted by molar-refractivity contribution is 9.10. The standard InChI is InChI=1S/C39H19BrS4/c1-18-11-21-16-41-36-30(21)28(12-18)24-7-3-9-26-32(24)38(36)43-34(26)19-5-2-6-20(13-19)35-27-10-4-8-25-29-15-23(40)14-22-17-42-37(31(22)29)39(44-35)33(25)27/h2-17H,1H3. The molecule has 4 aromatic heterocycles. The Hall–Kier alpha value is -3.58. The van der Waals surface area contributed by atoms with E-state index in [-0.39, 0.29) is 0 Å². The molecular weight excluding hydrogens is 677 g/mol. The van der Waals surface area contributed by atoms with E-state index in [1.54, 1.807) is 0 Å². The molecule has 0 amide bonds. The van der Waals surface area contributed by atoms with Crippen LogP contribution in [0, 0.1) is 6.92 Å². The van der Waals surface area contributed by atoms with Gasteiger partial charge in [0.25, 0.3) is 0 Å². The summed E-state index contributed by atoms with van der Waals surface area (Å²) >= 11 is 11.5. The molecule has 7 aromatic carbocycles. The van der Waals surface area contributed by atoms with Gasteiger partial charge >= 0.3 is 0 Å². The number of benzene rings is 7. The van der Waals surface area contributed by atoms with Gasteiger partial charge in [0, 0.05) is 46.5 Å². The molecule has 0 N–H and O–H groups in total.